The van der Waals surface area contributed by atoms with Crippen LogP contribution in [0.1, 0.15) is 61.1 Å². The predicted octanol–water partition coefficient (Wildman–Crippen LogP) is 5.87. The molecular formula is C41H39NO8. The van der Waals surface area contributed by atoms with Crippen molar-refractivity contribution in [3.8, 4) is 11.5 Å². The van der Waals surface area contributed by atoms with Crippen molar-refractivity contribution in [2.75, 3.05) is 13.7 Å². The molecule has 1 saturated carbocycles. The highest BCUT2D eigenvalue weighted by Gasteiger charge is 2.66. The van der Waals surface area contributed by atoms with Gasteiger partial charge in [-0.2, -0.15) is 0 Å². The number of carbonyl (C=O) groups excluding carboxylic acids is 4. The Morgan fingerprint density at radius 1 is 0.880 bits per heavy atom. The first-order chi connectivity index (χ1) is 24.2. The number of likely N-dealkylation sites (tertiary alicyclic amines) is 1. The summed E-state index contributed by atoms with van der Waals surface area (Å²) in [6.45, 7) is 0.197. The van der Waals surface area contributed by atoms with Crippen LogP contribution in [0.2, 0.25) is 0 Å². The van der Waals surface area contributed by atoms with Gasteiger partial charge in [-0.25, -0.2) is 0 Å². The number of imide groups is 1. The number of unbranched alkanes of at least 4 members (excludes halogenated alkanes) is 2. The summed E-state index contributed by atoms with van der Waals surface area (Å²) in [6.07, 6.45) is 5.40. The lowest BCUT2D eigenvalue weighted by atomic mass is 9.44. The van der Waals surface area contributed by atoms with Gasteiger partial charge in [-0.1, -0.05) is 90.9 Å². The van der Waals surface area contributed by atoms with Crippen molar-refractivity contribution in [1.82, 2.24) is 4.90 Å². The Labute approximate surface area is 290 Å². The number of nitrogens with zero attached hydrogens (tertiary/aromatic N) is 1. The van der Waals surface area contributed by atoms with Crippen LogP contribution in [0.5, 0.6) is 11.5 Å². The largest absolute Gasteiger partial charge is 0.504 e. The number of aromatic hydroxyl groups is 1. The SMILES string of the molecule is COc1cccc(C2C3=CCC4C(=O)N(CCCCCC(=O)O)C(=O)C4C3CC3C(=O)C(c4ccccc4)=CC(=O)C32c2ccccc2)c1O. The van der Waals surface area contributed by atoms with Crippen molar-refractivity contribution in [2.24, 2.45) is 23.7 Å². The van der Waals surface area contributed by atoms with Crippen LogP contribution in [0, 0.1) is 23.7 Å². The van der Waals surface area contributed by atoms with Crippen LogP contribution in [-0.2, 0) is 29.4 Å². The Morgan fingerprint density at radius 2 is 1.60 bits per heavy atom. The molecule has 7 rings (SSSR count). The molecule has 50 heavy (non-hydrogen) atoms. The average Bonchev–Trinajstić information content (AvgIpc) is 3.37. The number of hydrogen-bond donors (Lipinski definition) is 2. The van der Waals surface area contributed by atoms with Gasteiger partial charge in [0.1, 0.15) is 0 Å². The van der Waals surface area contributed by atoms with Crippen molar-refractivity contribution in [1.29, 1.82) is 0 Å². The van der Waals surface area contributed by atoms with E-state index in [1.54, 1.807) is 30.3 Å². The summed E-state index contributed by atoms with van der Waals surface area (Å²) >= 11 is 0. The third-order valence-corrected chi connectivity index (χ3v) is 11.3. The van der Waals surface area contributed by atoms with E-state index in [0.29, 0.717) is 41.5 Å². The van der Waals surface area contributed by atoms with Crippen LogP contribution < -0.4 is 4.74 Å². The molecule has 3 aromatic rings. The van der Waals surface area contributed by atoms with Crippen LogP contribution in [0.15, 0.2) is 96.6 Å². The summed E-state index contributed by atoms with van der Waals surface area (Å²) in [5.74, 6) is -5.52. The van der Waals surface area contributed by atoms with Gasteiger partial charge in [0.15, 0.2) is 23.1 Å². The standard InChI is InChI=1S/C41H39NO8/c1-50-32-17-11-16-28(38(32)47)36-26-19-20-27-35(40(49)42(39(27)48)21-10-4-9-18-34(44)45)30(26)22-31-37(46)29(24-12-5-2-6-13-24)23-33(43)41(31,36)25-14-7-3-8-15-25/h2-3,5-8,11-17,19,23,27,30-31,35-36,47H,4,9-10,18,20-22H2,1H3,(H,44,45). The van der Waals surface area contributed by atoms with E-state index in [1.807, 2.05) is 54.6 Å². The van der Waals surface area contributed by atoms with Crippen LogP contribution in [0.3, 0.4) is 0 Å². The second-order valence-corrected chi connectivity index (χ2v) is 13.7. The number of benzene rings is 3. The van der Waals surface area contributed by atoms with Crippen molar-refractivity contribution in [2.45, 2.75) is 49.9 Å². The predicted molar refractivity (Wildman–Crippen MR) is 184 cm³/mol. The van der Waals surface area contributed by atoms with Gasteiger partial charge < -0.3 is 14.9 Å². The molecule has 3 aromatic carbocycles. The van der Waals surface area contributed by atoms with E-state index in [4.69, 9.17) is 9.84 Å². The zero-order chi connectivity index (χ0) is 35.2. The first kappa shape index (κ1) is 33.2. The molecule has 256 valence electrons. The number of rotatable bonds is 10. The normalized spacial score (nSPS) is 27.2. The first-order valence-corrected chi connectivity index (χ1v) is 17.2. The molecule has 3 aliphatic carbocycles. The number of Topliss-reactive ketones (excluding diaryl/α,β-unsaturated/α-hetero) is 1. The Kier molecular flexibility index (Phi) is 8.76. The second-order valence-electron chi connectivity index (χ2n) is 13.7. The van der Waals surface area contributed by atoms with Gasteiger partial charge in [-0.05, 0) is 54.9 Å². The van der Waals surface area contributed by atoms with Gasteiger partial charge in [0.25, 0.3) is 0 Å². The number of carboxylic acid groups (broad SMARTS) is 1. The van der Waals surface area contributed by atoms with Crippen LogP contribution in [0.25, 0.3) is 5.57 Å². The van der Waals surface area contributed by atoms with E-state index in [1.165, 1.54) is 18.1 Å². The number of amides is 2. The van der Waals surface area contributed by atoms with Crippen LogP contribution >= 0.6 is 0 Å². The van der Waals surface area contributed by atoms with Gasteiger partial charge in [0.05, 0.1) is 24.4 Å². The van der Waals surface area contributed by atoms with Gasteiger partial charge in [0, 0.05) is 35.9 Å². The van der Waals surface area contributed by atoms with E-state index in [9.17, 15) is 24.3 Å². The molecule has 2 N–H and O–H groups in total. The maximum Gasteiger partial charge on any atom is 0.303 e. The van der Waals surface area contributed by atoms with Gasteiger partial charge in [0.2, 0.25) is 11.8 Å². The number of phenolic OH excluding ortho intramolecular Hbond substituents is 1. The Hall–Kier alpha value is -5.31. The van der Waals surface area contributed by atoms with Gasteiger partial charge >= 0.3 is 5.97 Å². The fourth-order valence-electron chi connectivity index (χ4n) is 9.16. The molecule has 0 spiro atoms. The zero-order valence-electron chi connectivity index (χ0n) is 27.8. The van der Waals surface area contributed by atoms with E-state index in [-0.39, 0.29) is 60.7 Å². The highest BCUT2D eigenvalue weighted by Crippen LogP contribution is 2.64. The number of phenols is 1. The van der Waals surface area contributed by atoms with Crippen LogP contribution in [-0.4, -0.2) is 58.1 Å². The lowest BCUT2D eigenvalue weighted by Gasteiger charge is -2.55. The molecule has 2 fully saturated rings. The lowest BCUT2D eigenvalue weighted by molar-refractivity contribution is -0.141. The Bertz CT molecular complexity index is 1930. The zero-order valence-corrected chi connectivity index (χ0v) is 27.8. The number of ketones is 2. The minimum atomic E-state index is -1.45. The molecule has 0 bridgehead atoms. The second kappa shape index (κ2) is 13.2. The summed E-state index contributed by atoms with van der Waals surface area (Å²) in [4.78, 5) is 70.4. The molecule has 9 heteroatoms. The third-order valence-electron chi connectivity index (χ3n) is 11.3. The maximum atomic E-state index is 15.1. The number of fused-ring (bicyclic) bond motifs is 4. The number of methoxy groups -OCH3 is 1. The number of allylic oxidation sites excluding steroid dienone is 4. The minimum Gasteiger partial charge on any atom is -0.504 e. The molecular weight excluding hydrogens is 634 g/mol. The summed E-state index contributed by atoms with van der Waals surface area (Å²) in [5, 5.41) is 20.7. The minimum absolute atomic E-state index is 0.0255. The molecule has 4 aliphatic rings. The Balaban J connectivity index is 1.39. The summed E-state index contributed by atoms with van der Waals surface area (Å²) in [5.41, 5.74) is 1.28. The summed E-state index contributed by atoms with van der Waals surface area (Å²) in [6, 6.07) is 23.4. The molecule has 0 aromatic heterocycles. The lowest BCUT2D eigenvalue weighted by Crippen LogP contribution is -2.58. The third kappa shape index (κ3) is 5.18. The molecule has 1 aliphatic heterocycles. The quantitative estimate of drug-likeness (QED) is 0.155. The van der Waals surface area contributed by atoms with Crippen molar-refractivity contribution in [3.63, 3.8) is 0 Å². The molecule has 1 saturated heterocycles. The highest BCUT2D eigenvalue weighted by molar-refractivity contribution is 6.31. The van der Waals surface area contributed by atoms with Gasteiger partial charge in [-0.15, -0.1) is 0 Å². The number of hydrogen-bond acceptors (Lipinski definition) is 7. The topological polar surface area (TPSA) is 138 Å². The van der Waals surface area contributed by atoms with E-state index < -0.39 is 41.0 Å². The fourth-order valence-corrected chi connectivity index (χ4v) is 9.16. The highest BCUT2D eigenvalue weighted by atomic mass is 16.5. The number of para-hydroxylation sites is 1. The molecule has 2 amide bonds. The monoisotopic (exact) mass is 673 g/mol. The average molecular weight is 674 g/mol. The number of carboxylic acids is 1. The molecule has 0 radical (unpaired) electrons. The smallest absolute Gasteiger partial charge is 0.303 e. The van der Waals surface area contributed by atoms with Crippen molar-refractivity contribution >= 4 is 34.9 Å². The number of carbonyl (C=O) groups is 5. The number of aliphatic carboxylic acids is 1. The van der Waals surface area contributed by atoms with Gasteiger partial charge in [-0.3, -0.25) is 28.9 Å². The maximum absolute atomic E-state index is 15.1. The number of ether oxygens (including phenoxy) is 1. The summed E-state index contributed by atoms with van der Waals surface area (Å²) < 4.78 is 5.52. The molecule has 6 unspecified atom stereocenters. The van der Waals surface area contributed by atoms with E-state index >= 15 is 4.79 Å². The molecule has 6 atom stereocenters. The van der Waals surface area contributed by atoms with E-state index in [2.05, 4.69) is 0 Å². The van der Waals surface area contributed by atoms with Crippen LogP contribution in [0.4, 0.5) is 0 Å². The molecule has 9 nitrogen and oxygen atoms in total. The van der Waals surface area contributed by atoms with Crippen molar-refractivity contribution < 1.29 is 38.9 Å². The Morgan fingerprint density at radius 3 is 2.30 bits per heavy atom. The molecule has 1 heterocycles. The first-order valence-electron chi connectivity index (χ1n) is 17.2. The summed E-state index contributed by atoms with van der Waals surface area (Å²) in [7, 11) is 1.45. The van der Waals surface area contributed by atoms with E-state index in [0.717, 1.165) is 5.57 Å². The van der Waals surface area contributed by atoms with Crippen molar-refractivity contribution in [3.05, 3.63) is 113 Å². The fraction of sp³-hybridized carbons (Fsp3) is 0.341.